The van der Waals surface area contributed by atoms with Crippen LogP contribution in [0.15, 0.2) is 41.6 Å². The van der Waals surface area contributed by atoms with Crippen molar-refractivity contribution in [1.82, 2.24) is 29.6 Å². The van der Waals surface area contributed by atoms with Gasteiger partial charge in [-0.3, -0.25) is 4.79 Å². The molecule has 0 atom stereocenters. The maximum absolute atomic E-state index is 11.8. The second-order valence-corrected chi connectivity index (χ2v) is 8.11. The molecule has 9 heteroatoms. The lowest BCUT2D eigenvalue weighted by Gasteiger charge is -2.38. The number of benzene rings is 1. The number of oxazole rings is 1. The largest absolute Gasteiger partial charge is 0.440 e. The summed E-state index contributed by atoms with van der Waals surface area (Å²) in [6.45, 7) is 4.60. The molecule has 4 aromatic rings. The van der Waals surface area contributed by atoms with E-state index in [1.807, 2.05) is 18.2 Å². The van der Waals surface area contributed by atoms with Crippen molar-refractivity contribution in [1.29, 1.82) is 0 Å². The topological polar surface area (TPSA) is 116 Å². The van der Waals surface area contributed by atoms with Gasteiger partial charge in [0.15, 0.2) is 17.1 Å². The van der Waals surface area contributed by atoms with Crippen molar-refractivity contribution in [2.45, 2.75) is 24.8 Å². The number of hydrogen-bond acceptors (Lipinski definition) is 7. The van der Waals surface area contributed by atoms with Gasteiger partial charge < -0.3 is 15.1 Å². The van der Waals surface area contributed by atoms with E-state index < -0.39 is 0 Å². The number of aromatic nitrogens is 5. The van der Waals surface area contributed by atoms with Crippen molar-refractivity contribution in [3.63, 3.8) is 0 Å². The summed E-state index contributed by atoms with van der Waals surface area (Å²) in [6, 6.07) is 5.72. The van der Waals surface area contributed by atoms with Crippen molar-refractivity contribution in [3.05, 3.63) is 54.3 Å². The minimum Gasteiger partial charge on any atom is -0.440 e. The van der Waals surface area contributed by atoms with Crippen LogP contribution in [0.5, 0.6) is 0 Å². The van der Waals surface area contributed by atoms with Gasteiger partial charge in [-0.1, -0.05) is 12.5 Å². The van der Waals surface area contributed by atoms with E-state index >= 15 is 0 Å². The molecule has 3 aromatic heterocycles. The standard InChI is InChI=1S/C23H19N7O2/c1-2-19(31)29-10-15(11-29)30-22-20(21(24)25-12-26-22)16(28-30)7-3-13-4-8-18-17(9-13)27-23(32-18)14-5-6-14/h2,4,8-9,12,14-15H,1,5-6,10-11H2,(H2,24,25,26). The average molecular weight is 425 g/mol. The number of carbonyl (C=O) groups excluding carboxylic acids is 1. The third-order valence-electron chi connectivity index (χ3n) is 5.87. The first-order valence-electron chi connectivity index (χ1n) is 10.4. The number of nitrogens with zero attached hydrogens (tertiary/aromatic N) is 6. The molecule has 2 N–H and O–H groups in total. The number of likely N-dealkylation sites (tertiary alicyclic amines) is 1. The fourth-order valence-electron chi connectivity index (χ4n) is 3.92. The lowest BCUT2D eigenvalue weighted by Crippen LogP contribution is -2.50. The van der Waals surface area contributed by atoms with Crippen LogP contribution in [0.25, 0.3) is 22.1 Å². The van der Waals surface area contributed by atoms with E-state index in [0.29, 0.717) is 41.6 Å². The van der Waals surface area contributed by atoms with Crippen LogP contribution >= 0.6 is 0 Å². The zero-order valence-corrected chi connectivity index (χ0v) is 17.2. The van der Waals surface area contributed by atoms with Gasteiger partial charge in [0.2, 0.25) is 5.91 Å². The Morgan fingerprint density at radius 1 is 1.25 bits per heavy atom. The molecule has 1 aliphatic heterocycles. The second-order valence-electron chi connectivity index (χ2n) is 8.11. The Bertz CT molecular complexity index is 1460. The minimum absolute atomic E-state index is 0.00132. The normalized spacial score (nSPS) is 16.1. The summed E-state index contributed by atoms with van der Waals surface area (Å²) < 4.78 is 7.61. The van der Waals surface area contributed by atoms with Crippen LogP contribution in [0.2, 0.25) is 0 Å². The molecule has 158 valence electrons. The van der Waals surface area contributed by atoms with E-state index in [1.165, 1.54) is 12.4 Å². The molecule has 1 aliphatic carbocycles. The first kappa shape index (κ1) is 18.6. The molecule has 2 aliphatic rings. The molecular weight excluding hydrogens is 406 g/mol. The zero-order chi connectivity index (χ0) is 21.8. The van der Waals surface area contributed by atoms with E-state index in [4.69, 9.17) is 10.2 Å². The average Bonchev–Trinajstić information content (AvgIpc) is 3.43. The van der Waals surface area contributed by atoms with Crippen molar-refractivity contribution in [3.8, 4) is 11.8 Å². The number of carbonyl (C=O) groups is 1. The summed E-state index contributed by atoms with van der Waals surface area (Å²) in [5.41, 5.74) is 9.63. The lowest BCUT2D eigenvalue weighted by atomic mass is 10.1. The summed E-state index contributed by atoms with van der Waals surface area (Å²) in [6.07, 6.45) is 5.00. The third kappa shape index (κ3) is 3.00. The Morgan fingerprint density at radius 2 is 2.09 bits per heavy atom. The van der Waals surface area contributed by atoms with Gasteiger partial charge in [-0.15, -0.1) is 0 Å². The zero-order valence-electron chi connectivity index (χ0n) is 17.2. The maximum atomic E-state index is 11.8. The number of rotatable bonds is 3. The Balaban J connectivity index is 1.35. The Labute approximate surface area is 182 Å². The summed E-state index contributed by atoms with van der Waals surface area (Å²) in [4.78, 5) is 26.6. The first-order valence-corrected chi connectivity index (χ1v) is 10.4. The van der Waals surface area contributed by atoms with Crippen LogP contribution in [0, 0.1) is 11.8 Å². The molecule has 1 saturated carbocycles. The van der Waals surface area contributed by atoms with Crippen LogP contribution in [0.3, 0.4) is 0 Å². The molecular formula is C23H19N7O2. The van der Waals surface area contributed by atoms with Gasteiger partial charge in [-0.05, 0) is 43.0 Å². The van der Waals surface area contributed by atoms with E-state index in [2.05, 4.69) is 38.5 Å². The summed E-state index contributed by atoms with van der Waals surface area (Å²) in [5.74, 6) is 7.77. The first-order chi connectivity index (χ1) is 15.6. The van der Waals surface area contributed by atoms with E-state index in [1.54, 1.807) is 9.58 Å². The number of amides is 1. The molecule has 1 amide bonds. The summed E-state index contributed by atoms with van der Waals surface area (Å²) in [7, 11) is 0. The number of anilines is 1. The van der Waals surface area contributed by atoms with Crippen LogP contribution in [-0.2, 0) is 4.79 Å². The van der Waals surface area contributed by atoms with Crippen LogP contribution < -0.4 is 5.73 Å². The number of hydrogen-bond donors (Lipinski definition) is 1. The highest BCUT2D eigenvalue weighted by atomic mass is 16.3. The molecule has 4 heterocycles. The third-order valence-corrected chi connectivity index (χ3v) is 5.87. The Morgan fingerprint density at radius 3 is 2.88 bits per heavy atom. The summed E-state index contributed by atoms with van der Waals surface area (Å²) >= 11 is 0. The highest BCUT2D eigenvalue weighted by molar-refractivity contribution is 5.91. The highest BCUT2D eigenvalue weighted by Gasteiger charge is 2.33. The number of nitrogens with two attached hydrogens (primary N) is 1. The van der Waals surface area contributed by atoms with Gasteiger partial charge in [0.05, 0.1) is 11.4 Å². The van der Waals surface area contributed by atoms with Crippen LogP contribution in [0.1, 0.15) is 41.9 Å². The predicted molar refractivity (Wildman–Crippen MR) is 118 cm³/mol. The predicted octanol–water partition coefficient (Wildman–Crippen LogP) is 2.40. The van der Waals surface area contributed by atoms with E-state index in [0.717, 1.165) is 35.4 Å². The van der Waals surface area contributed by atoms with Crippen molar-refractivity contribution >= 4 is 33.9 Å². The smallest absolute Gasteiger partial charge is 0.246 e. The monoisotopic (exact) mass is 425 g/mol. The van der Waals surface area contributed by atoms with Crippen molar-refractivity contribution in [2.75, 3.05) is 18.8 Å². The Hall–Kier alpha value is -4.19. The molecule has 0 radical (unpaired) electrons. The van der Waals surface area contributed by atoms with Crippen LogP contribution in [-0.4, -0.2) is 48.6 Å². The minimum atomic E-state index is -0.0973. The quantitative estimate of drug-likeness (QED) is 0.396. The highest BCUT2D eigenvalue weighted by Crippen LogP contribution is 2.40. The maximum Gasteiger partial charge on any atom is 0.246 e. The molecule has 0 unspecified atom stereocenters. The van der Waals surface area contributed by atoms with Gasteiger partial charge in [0, 0.05) is 24.6 Å². The fraction of sp³-hybridized carbons (Fsp3) is 0.261. The molecule has 1 aromatic carbocycles. The van der Waals surface area contributed by atoms with Crippen molar-refractivity contribution in [2.24, 2.45) is 0 Å². The fourth-order valence-corrected chi connectivity index (χ4v) is 3.92. The van der Waals surface area contributed by atoms with Crippen molar-refractivity contribution < 1.29 is 9.21 Å². The molecule has 0 bridgehead atoms. The van der Waals surface area contributed by atoms with Gasteiger partial charge in [-0.2, -0.15) is 5.10 Å². The summed E-state index contributed by atoms with van der Waals surface area (Å²) in [5, 5.41) is 5.28. The SMILES string of the molecule is C=CC(=O)N1CC(n2nc(C#Cc3ccc4oc(C5CC5)nc4c3)c3c(N)ncnc32)C1. The molecule has 1 saturated heterocycles. The lowest BCUT2D eigenvalue weighted by molar-refractivity contribution is -0.131. The molecule has 2 fully saturated rings. The molecule has 32 heavy (non-hydrogen) atoms. The van der Waals surface area contributed by atoms with E-state index in [9.17, 15) is 4.79 Å². The van der Waals surface area contributed by atoms with Crippen LogP contribution in [0.4, 0.5) is 5.82 Å². The second kappa shape index (κ2) is 6.92. The van der Waals surface area contributed by atoms with Gasteiger partial charge in [-0.25, -0.2) is 19.6 Å². The van der Waals surface area contributed by atoms with Gasteiger partial charge in [0.25, 0.3) is 0 Å². The van der Waals surface area contributed by atoms with Gasteiger partial charge >= 0.3 is 0 Å². The molecule has 6 rings (SSSR count). The Kier molecular flexibility index (Phi) is 4.01. The van der Waals surface area contributed by atoms with Gasteiger partial charge in [0.1, 0.15) is 23.4 Å². The molecule has 0 spiro atoms. The number of fused-ring (bicyclic) bond motifs is 2. The number of nitrogen functional groups attached to an aromatic ring is 1. The molecule has 9 nitrogen and oxygen atoms in total. The van der Waals surface area contributed by atoms with E-state index in [-0.39, 0.29) is 11.9 Å².